The van der Waals surface area contributed by atoms with E-state index < -0.39 is 0 Å². The number of hydrogen-bond donors (Lipinski definition) is 0. The maximum atomic E-state index is 10.6. The first-order valence-corrected chi connectivity index (χ1v) is 6.38. The molecule has 0 fully saturated rings. The van der Waals surface area contributed by atoms with Gasteiger partial charge in [-0.25, -0.2) is 4.98 Å². The zero-order valence-corrected chi connectivity index (χ0v) is 10.9. The van der Waals surface area contributed by atoms with Gasteiger partial charge in [0.25, 0.3) is 0 Å². The molecule has 0 atom stereocenters. The Morgan fingerprint density at radius 1 is 1.62 bits per heavy atom. The van der Waals surface area contributed by atoms with Crippen LogP contribution in [0.5, 0.6) is 0 Å². The van der Waals surface area contributed by atoms with Gasteiger partial charge in [-0.3, -0.25) is 4.79 Å². The van der Waals surface area contributed by atoms with Crippen molar-refractivity contribution in [2.75, 3.05) is 5.75 Å². The van der Waals surface area contributed by atoms with Crippen LogP contribution >= 0.6 is 23.4 Å². The predicted octanol–water partition coefficient (Wildman–Crippen LogP) is 3.67. The first-order valence-electron chi connectivity index (χ1n) is 5.01. The van der Waals surface area contributed by atoms with Gasteiger partial charge in [-0.15, -0.1) is 11.8 Å². The van der Waals surface area contributed by atoms with Crippen molar-refractivity contribution in [1.29, 1.82) is 0 Å². The molecule has 4 heteroatoms. The molecule has 0 aliphatic heterocycles. The van der Waals surface area contributed by atoms with Gasteiger partial charge in [-0.2, -0.15) is 0 Å². The van der Waals surface area contributed by atoms with Crippen LogP contribution in [0.25, 0.3) is 0 Å². The van der Waals surface area contributed by atoms with Gasteiger partial charge in [0.15, 0.2) is 5.78 Å². The molecule has 0 bridgehead atoms. The average molecular weight is 256 g/mol. The van der Waals surface area contributed by atoms with Crippen molar-refractivity contribution in [3.63, 3.8) is 0 Å². The summed E-state index contributed by atoms with van der Waals surface area (Å²) in [6, 6.07) is 1.91. The molecule has 0 amide bonds. The van der Waals surface area contributed by atoms with Crippen LogP contribution < -0.4 is 0 Å². The lowest BCUT2D eigenvalue weighted by atomic mass is 10.3. The smallest absolute Gasteiger partial charge is 0.152 e. The standard InChI is InChI=1S/C12H14ClNOS/c1-9-7-11(13)12(14-8-9)16-6-4-3-5-10(2)15/h3,5,7-8H,4,6H2,1-2H3/b5-3+. The van der Waals surface area contributed by atoms with Crippen molar-refractivity contribution in [3.8, 4) is 0 Å². The van der Waals surface area contributed by atoms with Crippen molar-refractivity contribution in [2.24, 2.45) is 0 Å². The first kappa shape index (κ1) is 13.3. The molecule has 0 aliphatic carbocycles. The van der Waals surface area contributed by atoms with Crippen LogP contribution in [0.3, 0.4) is 0 Å². The minimum absolute atomic E-state index is 0.0801. The number of hydrogen-bond acceptors (Lipinski definition) is 3. The molecule has 0 saturated heterocycles. The van der Waals surface area contributed by atoms with Gasteiger partial charge in [0.2, 0.25) is 0 Å². The van der Waals surface area contributed by atoms with Gasteiger partial charge in [0.05, 0.1) is 5.02 Å². The molecule has 0 unspecified atom stereocenters. The molecule has 0 aliphatic rings. The Balaban J connectivity index is 2.40. The van der Waals surface area contributed by atoms with Gasteiger partial charge in [0, 0.05) is 11.9 Å². The topological polar surface area (TPSA) is 30.0 Å². The maximum Gasteiger partial charge on any atom is 0.152 e. The van der Waals surface area contributed by atoms with E-state index in [1.807, 2.05) is 19.1 Å². The number of aryl methyl sites for hydroxylation is 1. The lowest BCUT2D eigenvalue weighted by Crippen LogP contribution is -1.86. The highest BCUT2D eigenvalue weighted by atomic mass is 35.5. The number of allylic oxidation sites excluding steroid dienone is 2. The van der Waals surface area contributed by atoms with Gasteiger partial charge < -0.3 is 0 Å². The SMILES string of the molecule is CC(=O)/C=C/CCSc1ncc(C)cc1Cl. The Labute approximate surface area is 105 Å². The molecule has 0 aromatic carbocycles. The fourth-order valence-corrected chi connectivity index (χ4v) is 2.26. The maximum absolute atomic E-state index is 10.6. The highest BCUT2D eigenvalue weighted by molar-refractivity contribution is 7.99. The summed E-state index contributed by atoms with van der Waals surface area (Å²) in [6.07, 6.45) is 6.11. The van der Waals surface area contributed by atoms with Crippen molar-refractivity contribution < 1.29 is 4.79 Å². The second kappa shape index (κ2) is 6.71. The molecule has 1 aromatic heterocycles. The van der Waals surface area contributed by atoms with Gasteiger partial charge >= 0.3 is 0 Å². The molecule has 0 saturated carbocycles. The third kappa shape index (κ3) is 4.81. The second-order valence-corrected chi connectivity index (χ2v) is 4.94. The third-order valence-corrected chi connectivity index (χ3v) is 3.26. The zero-order chi connectivity index (χ0) is 12.0. The second-order valence-electron chi connectivity index (χ2n) is 3.45. The van der Waals surface area contributed by atoms with Crippen LogP contribution in [0, 0.1) is 6.92 Å². The Bertz CT molecular complexity index is 404. The fraction of sp³-hybridized carbons (Fsp3) is 0.333. The van der Waals surface area contributed by atoms with E-state index >= 15 is 0 Å². The van der Waals surface area contributed by atoms with E-state index in [9.17, 15) is 4.79 Å². The lowest BCUT2D eigenvalue weighted by Gasteiger charge is -2.02. The quantitative estimate of drug-likeness (QED) is 0.457. The van der Waals surface area contributed by atoms with Gasteiger partial charge in [0.1, 0.15) is 5.03 Å². The van der Waals surface area contributed by atoms with Crippen LogP contribution in [0.2, 0.25) is 5.02 Å². The predicted molar refractivity (Wildman–Crippen MR) is 69.1 cm³/mol. The summed E-state index contributed by atoms with van der Waals surface area (Å²) >= 11 is 7.64. The first-order chi connectivity index (χ1) is 7.59. The van der Waals surface area contributed by atoms with E-state index in [2.05, 4.69) is 4.98 Å². The zero-order valence-electron chi connectivity index (χ0n) is 9.37. The largest absolute Gasteiger partial charge is 0.295 e. The summed E-state index contributed by atoms with van der Waals surface area (Å²) in [5, 5.41) is 1.55. The minimum atomic E-state index is 0.0801. The van der Waals surface area contributed by atoms with Gasteiger partial charge in [-0.1, -0.05) is 17.7 Å². The van der Waals surface area contributed by atoms with Crippen molar-refractivity contribution in [1.82, 2.24) is 4.98 Å². The van der Waals surface area contributed by atoms with Gasteiger partial charge in [-0.05, 0) is 38.0 Å². The highest BCUT2D eigenvalue weighted by Crippen LogP contribution is 2.25. The number of pyridine rings is 1. The van der Waals surface area contributed by atoms with Crippen LogP contribution in [-0.4, -0.2) is 16.5 Å². The molecular weight excluding hydrogens is 242 g/mol. The number of thioether (sulfide) groups is 1. The molecule has 0 radical (unpaired) electrons. The molecule has 1 heterocycles. The summed E-state index contributed by atoms with van der Waals surface area (Å²) in [5.74, 6) is 0.955. The van der Waals surface area contributed by atoms with Crippen molar-refractivity contribution in [2.45, 2.75) is 25.3 Å². The van der Waals surface area contributed by atoms with Crippen molar-refractivity contribution >= 4 is 29.1 Å². The Kier molecular flexibility index (Phi) is 5.56. The van der Waals surface area contributed by atoms with E-state index in [4.69, 9.17) is 11.6 Å². The summed E-state index contributed by atoms with van der Waals surface area (Å²) in [6.45, 7) is 3.50. The summed E-state index contributed by atoms with van der Waals surface area (Å²) < 4.78 is 0. The molecule has 86 valence electrons. The number of ketones is 1. The number of nitrogens with zero attached hydrogens (tertiary/aromatic N) is 1. The average Bonchev–Trinajstić information content (AvgIpc) is 2.20. The number of rotatable bonds is 5. The number of halogens is 1. The molecule has 0 N–H and O–H groups in total. The monoisotopic (exact) mass is 255 g/mol. The van der Waals surface area contributed by atoms with E-state index in [1.54, 1.807) is 31.0 Å². The molecule has 2 nitrogen and oxygen atoms in total. The Hall–Kier alpha value is -0.800. The summed E-state index contributed by atoms with van der Waals surface area (Å²) in [4.78, 5) is 14.9. The normalized spacial score (nSPS) is 10.9. The molecule has 1 aromatic rings. The van der Waals surface area contributed by atoms with Crippen LogP contribution in [0.1, 0.15) is 18.9 Å². The number of aromatic nitrogens is 1. The van der Waals surface area contributed by atoms with Crippen LogP contribution in [-0.2, 0) is 4.79 Å². The molecule has 16 heavy (non-hydrogen) atoms. The van der Waals surface area contributed by atoms with E-state index in [-0.39, 0.29) is 5.78 Å². The Morgan fingerprint density at radius 3 is 3.00 bits per heavy atom. The lowest BCUT2D eigenvalue weighted by molar-refractivity contribution is -0.112. The number of carbonyl (C=O) groups excluding carboxylic acids is 1. The highest BCUT2D eigenvalue weighted by Gasteiger charge is 2.01. The third-order valence-electron chi connectivity index (χ3n) is 1.82. The van der Waals surface area contributed by atoms with E-state index in [0.29, 0.717) is 5.02 Å². The van der Waals surface area contributed by atoms with E-state index in [0.717, 1.165) is 22.8 Å². The van der Waals surface area contributed by atoms with Crippen LogP contribution in [0.15, 0.2) is 29.4 Å². The van der Waals surface area contributed by atoms with E-state index in [1.165, 1.54) is 0 Å². The number of carbonyl (C=O) groups is 1. The minimum Gasteiger partial charge on any atom is -0.295 e. The summed E-state index contributed by atoms with van der Waals surface area (Å²) in [7, 11) is 0. The Morgan fingerprint density at radius 2 is 2.38 bits per heavy atom. The molecular formula is C12H14ClNOS. The summed E-state index contributed by atoms with van der Waals surface area (Å²) in [5.41, 5.74) is 1.06. The molecule has 1 rings (SSSR count). The molecule has 0 spiro atoms. The van der Waals surface area contributed by atoms with Crippen LogP contribution in [0.4, 0.5) is 0 Å². The fourth-order valence-electron chi connectivity index (χ4n) is 1.10. The van der Waals surface area contributed by atoms with Crippen molar-refractivity contribution in [3.05, 3.63) is 35.0 Å².